The molecule has 0 radical (unpaired) electrons. The Morgan fingerprint density at radius 1 is 1.15 bits per heavy atom. The summed E-state index contributed by atoms with van der Waals surface area (Å²) >= 11 is 0. The quantitative estimate of drug-likeness (QED) is 0.405. The summed E-state index contributed by atoms with van der Waals surface area (Å²) in [6, 6.07) is 11.4. The number of piperidine rings is 1. The van der Waals surface area contributed by atoms with Crippen LogP contribution in [0.1, 0.15) is 44.6 Å². The van der Waals surface area contributed by atoms with Crippen LogP contribution in [-0.2, 0) is 11.3 Å². The van der Waals surface area contributed by atoms with E-state index in [9.17, 15) is 0 Å². The van der Waals surface area contributed by atoms with Gasteiger partial charge < -0.3 is 15.4 Å². The van der Waals surface area contributed by atoms with Crippen molar-refractivity contribution in [1.82, 2.24) is 15.5 Å². The standard InChI is InChI=1S/C21H34N4O/c1-2-22-21(24-19-9-10-19)23-13-6-16-26-20-11-14-25(15-12-20)17-18-7-4-3-5-8-18/h3-5,7-8,19-20H,2,6,9-17H2,1H3,(H2,22,23,24). The molecule has 1 aromatic rings. The molecular weight excluding hydrogens is 324 g/mol. The van der Waals surface area contributed by atoms with E-state index >= 15 is 0 Å². The SMILES string of the molecule is CCNC(=NCCCOC1CCN(Cc2ccccc2)CC1)NC1CC1. The molecule has 0 amide bonds. The maximum absolute atomic E-state index is 6.08. The summed E-state index contributed by atoms with van der Waals surface area (Å²) in [5.41, 5.74) is 1.40. The number of hydrogen-bond donors (Lipinski definition) is 2. The molecule has 1 heterocycles. The average Bonchev–Trinajstić information content (AvgIpc) is 3.48. The fourth-order valence-electron chi connectivity index (χ4n) is 3.32. The van der Waals surface area contributed by atoms with E-state index in [0.717, 1.165) is 64.6 Å². The summed E-state index contributed by atoms with van der Waals surface area (Å²) in [7, 11) is 0. The molecule has 0 atom stereocenters. The molecule has 2 N–H and O–H groups in total. The number of rotatable bonds is 9. The van der Waals surface area contributed by atoms with Gasteiger partial charge in [-0.15, -0.1) is 0 Å². The maximum Gasteiger partial charge on any atom is 0.191 e. The lowest BCUT2D eigenvalue weighted by Gasteiger charge is -2.31. The van der Waals surface area contributed by atoms with Crippen molar-refractivity contribution in [3.8, 4) is 0 Å². The molecule has 0 bridgehead atoms. The van der Waals surface area contributed by atoms with E-state index in [1.807, 2.05) is 0 Å². The molecule has 2 fully saturated rings. The average molecular weight is 359 g/mol. The van der Waals surface area contributed by atoms with Gasteiger partial charge in [-0.25, -0.2) is 0 Å². The van der Waals surface area contributed by atoms with Gasteiger partial charge in [0.15, 0.2) is 5.96 Å². The van der Waals surface area contributed by atoms with E-state index < -0.39 is 0 Å². The maximum atomic E-state index is 6.08. The third kappa shape index (κ3) is 6.96. The molecule has 1 aliphatic heterocycles. The van der Waals surface area contributed by atoms with E-state index in [1.165, 1.54) is 18.4 Å². The molecule has 1 aromatic carbocycles. The Morgan fingerprint density at radius 3 is 2.62 bits per heavy atom. The third-order valence-corrected chi connectivity index (χ3v) is 4.97. The van der Waals surface area contributed by atoms with Gasteiger partial charge in [-0.1, -0.05) is 30.3 Å². The molecule has 0 spiro atoms. The third-order valence-electron chi connectivity index (χ3n) is 4.97. The zero-order valence-corrected chi connectivity index (χ0v) is 16.1. The van der Waals surface area contributed by atoms with Gasteiger partial charge in [-0.05, 0) is 44.6 Å². The molecule has 1 saturated heterocycles. The summed E-state index contributed by atoms with van der Waals surface area (Å²) in [5, 5.41) is 6.76. The lowest BCUT2D eigenvalue weighted by molar-refractivity contribution is 0.00566. The normalized spacial score (nSPS) is 19.5. The Balaban J connectivity index is 1.26. The molecule has 5 heteroatoms. The van der Waals surface area contributed by atoms with E-state index in [2.05, 4.69) is 57.8 Å². The fourth-order valence-corrected chi connectivity index (χ4v) is 3.32. The first-order valence-electron chi connectivity index (χ1n) is 10.3. The van der Waals surface area contributed by atoms with Crippen molar-refractivity contribution >= 4 is 5.96 Å². The molecule has 5 nitrogen and oxygen atoms in total. The predicted octanol–water partition coefficient (Wildman–Crippen LogP) is 2.78. The summed E-state index contributed by atoms with van der Waals surface area (Å²) in [4.78, 5) is 7.17. The minimum Gasteiger partial charge on any atom is -0.378 e. The van der Waals surface area contributed by atoms with E-state index in [1.54, 1.807) is 0 Å². The van der Waals surface area contributed by atoms with E-state index in [4.69, 9.17) is 4.74 Å². The Hall–Kier alpha value is -1.59. The van der Waals surface area contributed by atoms with Gasteiger partial charge in [0.2, 0.25) is 0 Å². The predicted molar refractivity (Wildman–Crippen MR) is 107 cm³/mol. The smallest absolute Gasteiger partial charge is 0.191 e. The van der Waals surface area contributed by atoms with E-state index in [0.29, 0.717) is 12.1 Å². The molecule has 3 rings (SSSR count). The van der Waals surface area contributed by atoms with Gasteiger partial charge in [-0.2, -0.15) is 0 Å². The Bertz CT molecular complexity index is 536. The van der Waals surface area contributed by atoms with Crippen molar-refractivity contribution in [2.75, 3.05) is 32.8 Å². The highest BCUT2D eigenvalue weighted by atomic mass is 16.5. The number of ether oxygens (including phenoxy) is 1. The minimum atomic E-state index is 0.420. The molecule has 26 heavy (non-hydrogen) atoms. The summed E-state index contributed by atoms with van der Waals surface area (Å²) in [5.74, 6) is 0.962. The van der Waals surface area contributed by atoms with Crippen molar-refractivity contribution in [3.05, 3.63) is 35.9 Å². The molecule has 0 aromatic heterocycles. The zero-order chi connectivity index (χ0) is 18.0. The number of nitrogens with one attached hydrogen (secondary N) is 2. The van der Waals surface area contributed by atoms with Crippen LogP contribution < -0.4 is 10.6 Å². The topological polar surface area (TPSA) is 48.9 Å². The number of likely N-dealkylation sites (tertiary alicyclic amines) is 1. The number of guanidine groups is 1. The van der Waals surface area contributed by atoms with Gasteiger partial charge in [0.05, 0.1) is 6.10 Å². The first-order chi connectivity index (χ1) is 12.8. The highest BCUT2D eigenvalue weighted by Crippen LogP contribution is 2.18. The van der Waals surface area contributed by atoms with Crippen LogP contribution in [0, 0.1) is 0 Å². The highest BCUT2D eigenvalue weighted by molar-refractivity contribution is 5.80. The lowest BCUT2D eigenvalue weighted by Crippen LogP contribution is -2.38. The largest absolute Gasteiger partial charge is 0.378 e. The minimum absolute atomic E-state index is 0.420. The van der Waals surface area contributed by atoms with Gasteiger partial charge >= 0.3 is 0 Å². The van der Waals surface area contributed by atoms with Gasteiger partial charge in [0, 0.05) is 45.4 Å². The van der Waals surface area contributed by atoms with Gasteiger partial charge in [0.1, 0.15) is 0 Å². The lowest BCUT2D eigenvalue weighted by atomic mass is 10.1. The second-order valence-corrected chi connectivity index (χ2v) is 7.36. The monoisotopic (exact) mass is 358 g/mol. The van der Waals surface area contributed by atoms with Crippen molar-refractivity contribution in [2.24, 2.45) is 4.99 Å². The first-order valence-corrected chi connectivity index (χ1v) is 10.3. The van der Waals surface area contributed by atoms with Crippen molar-refractivity contribution in [1.29, 1.82) is 0 Å². The van der Waals surface area contributed by atoms with Crippen LogP contribution >= 0.6 is 0 Å². The Morgan fingerprint density at radius 2 is 1.92 bits per heavy atom. The summed E-state index contributed by atoms with van der Waals surface area (Å²) < 4.78 is 6.08. The van der Waals surface area contributed by atoms with Crippen LogP contribution in [0.4, 0.5) is 0 Å². The summed E-state index contributed by atoms with van der Waals surface area (Å²) in [6.45, 7) is 7.99. The molecule has 1 aliphatic carbocycles. The van der Waals surface area contributed by atoms with Crippen LogP contribution in [0.25, 0.3) is 0 Å². The first kappa shape index (κ1) is 19.2. The Kier molecular flexibility index (Phi) is 7.77. The van der Waals surface area contributed by atoms with Crippen LogP contribution in [0.15, 0.2) is 35.3 Å². The van der Waals surface area contributed by atoms with E-state index in [-0.39, 0.29) is 0 Å². The van der Waals surface area contributed by atoms with Crippen molar-refractivity contribution in [3.63, 3.8) is 0 Å². The molecule has 0 unspecified atom stereocenters. The number of nitrogens with zero attached hydrogens (tertiary/aromatic N) is 2. The number of aliphatic imine (C=N–C) groups is 1. The molecule has 2 aliphatic rings. The second-order valence-electron chi connectivity index (χ2n) is 7.36. The molecule has 1 saturated carbocycles. The fraction of sp³-hybridized carbons (Fsp3) is 0.667. The number of benzene rings is 1. The van der Waals surface area contributed by atoms with Gasteiger partial charge in [0.25, 0.3) is 0 Å². The second kappa shape index (κ2) is 10.5. The van der Waals surface area contributed by atoms with Crippen LogP contribution in [0.2, 0.25) is 0 Å². The van der Waals surface area contributed by atoms with Crippen LogP contribution in [-0.4, -0.2) is 55.8 Å². The Labute approximate surface area is 158 Å². The van der Waals surface area contributed by atoms with Crippen molar-refractivity contribution in [2.45, 2.75) is 57.7 Å². The van der Waals surface area contributed by atoms with Crippen molar-refractivity contribution < 1.29 is 4.74 Å². The summed E-state index contributed by atoms with van der Waals surface area (Å²) in [6.07, 6.45) is 6.24. The van der Waals surface area contributed by atoms with Crippen LogP contribution in [0.3, 0.4) is 0 Å². The van der Waals surface area contributed by atoms with Gasteiger partial charge in [-0.3, -0.25) is 9.89 Å². The number of hydrogen-bond acceptors (Lipinski definition) is 3. The highest BCUT2D eigenvalue weighted by Gasteiger charge is 2.22. The molecule has 144 valence electrons. The van der Waals surface area contributed by atoms with Crippen LogP contribution in [0.5, 0.6) is 0 Å². The zero-order valence-electron chi connectivity index (χ0n) is 16.1. The molecular formula is C21H34N4O.